The van der Waals surface area contributed by atoms with E-state index in [1.54, 1.807) is 16.4 Å². The summed E-state index contributed by atoms with van der Waals surface area (Å²) in [5, 5.41) is 0.846. The van der Waals surface area contributed by atoms with Crippen LogP contribution in [0.2, 0.25) is 0 Å². The van der Waals surface area contributed by atoms with Crippen LogP contribution in [0.25, 0.3) is 0 Å². The average Bonchev–Trinajstić information content (AvgIpc) is 2.41. The Morgan fingerprint density at radius 3 is 2.74 bits per heavy atom. The summed E-state index contributed by atoms with van der Waals surface area (Å²) in [5.41, 5.74) is 0. The molecule has 1 fully saturated rings. The van der Waals surface area contributed by atoms with Crippen LogP contribution in [0.5, 0.6) is 0 Å². The Hall–Kier alpha value is 0.570. The van der Waals surface area contributed by atoms with E-state index in [2.05, 4.69) is 47.8 Å². The summed E-state index contributed by atoms with van der Waals surface area (Å²) in [6.07, 6.45) is 2.00. The van der Waals surface area contributed by atoms with Crippen molar-refractivity contribution < 1.29 is 8.42 Å². The molecule has 0 saturated carbocycles. The number of halogens is 3. The van der Waals surface area contributed by atoms with Crippen molar-refractivity contribution in [1.29, 1.82) is 0 Å². The van der Waals surface area contributed by atoms with Gasteiger partial charge in [-0.15, -0.1) is 0 Å². The first-order valence-corrected chi connectivity index (χ1v) is 10.1. The second-order valence-corrected chi connectivity index (χ2v) is 8.92. The highest BCUT2D eigenvalue weighted by atomic mass is 79.9. The lowest BCUT2D eigenvalue weighted by atomic mass is 10.0. The van der Waals surface area contributed by atoms with Crippen LogP contribution in [0, 0.1) is 5.92 Å². The van der Waals surface area contributed by atoms with Crippen molar-refractivity contribution in [3.8, 4) is 0 Å². The Balaban J connectivity index is 2.34. The van der Waals surface area contributed by atoms with Gasteiger partial charge in [0.1, 0.15) is 0 Å². The molecule has 1 heterocycles. The first kappa shape index (κ1) is 15.9. The van der Waals surface area contributed by atoms with Crippen LogP contribution in [0.1, 0.15) is 12.8 Å². The van der Waals surface area contributed by atoms with Gasteiger partial charge >= 0.3 is 0 Å². The molecule has 1 atom stereocenters. The molecule has 3 nitrogen and oxygen atoms in total. The van der Waals surface area contributed by atoms with Gasteiger partial charge < -0.3 is 0 Å². The Kier molecular flexibility index (Phi) is 5.50. The van der Waals surface area contributed by atoms with E-state index < -0.39 is 10.0 Å². The van der Waals surface area contributed by atoms with Gasteiger partial charge in [0, 0.05) is 27.4 Å². The number of benzene rings is 1. The molecule has 0 amide bonds. The second-order valence-electron chi connectivity index (χ2n) is 4.60. The Bertz CT molecular complexity index is 562. The van der Waals surface area contributed by atoms with Crippen LogP contribution < -0.4 is 0 Å². The van der Waals surface area contributed by atoms with Gasteiger partial charge in [0.25, 0.3) is 0 Å². The number of alkyl halides is 1. The third kappa shape index (κ3) is 3.61. The van der Waals surface area contributed by atoms with Crippen molar-refractivity contribution in [1.82, 2.24) is 4.31 Å². The molecule has 0 aliphatic carbocycles. The molecule has 0 bridgehead atoms. The molecule has 1 saturated heterocycles. The van der Waals surface area contributed by atoms with Crippen LogP contribution >= 0.6 is 47.8 Å². The second kappa shape index (κ2) is 6.56. The van der Waals surface area contributed by atoms with E-state index in [4.69, 9.17) is 0 Å². The van der Waals surface area contributed by atoms with Crippen LogP contribution in [-0.2, 0) is 10.0 Å². The molecule has 1 aliphatic heterocycles. The van der Waals surface area contributed by atoms with Gasteiger partial charge in [0.15, 0.2) is 0 Å². The maximum Gasteiger partial charge on any atom is 0.244 e. The zero-order valence-corrected chi connectivity index (χ0v) is 15.7. The highest BCUT2D eigenvalue weighted by Crippen LogP contribution is 2.30. The highest BCUT2D eigenvalue weighted by Gasteiger charge is 2.31. The molecule has 106 valence electrons. The zero-order valence-electron chi connectivity index (χ0n) is 10.2. The molecule has 0 N–H and O–H groups in total. The lowest BCUT2D eigenvalue weighted by molar-refractivity contribution is 0.285. The lowest BCUT2D eigenvalue weighted by Crippen LogP contribution is -2.40. The van der Waals surface area contributed by atoms with Crippen molar-refractivity contribution in [2.45, 2.75) is 17.7 Å². The molecule has 0 spiro atoms. The van der Waals surface area contributed by atoms with E-state index >= 15 is 0 Å². The van der Waals surface area contributed by atoms with Gasteiger partial charge in [-0.05, 0) is 52.9 Å². The van der Waals surface area contributed by atoms with E-state index in [0.717, 1.165) is 22.6 Å². The smallest absolute Gasteiger partial charge is 0.207 e. The van der Waals surface area contributed by atoms with Crippen LogP contribution in [0.15, 0.2) is 32.0 Å². The average molecular weight is 476 g/mol. The summed E-state index contributed by atoms with van der Waals surface area (Å²) in [5.74, 6) is 0.398. The molecular formula is C12H14Br3NO2S. The molecule has 7 heteroatoms. The molecule has 2 rings (SSSR count). The van der Waals surface area contributed by atoms with E-state index in [-0.39, 0.29) is 0 Å². The fourth-order valence-electron chi connectivity index (χ4n) is 2.19. The molecule has 19 heavy (non-hydrogen) atoms. The number of nitrogens with zero attached hydrogens (tertiary/aromatic N) is 1. The van der Waals surface area contributed by atoms with Crippen LogP contribution in [-0.4, -0.2) is 31.1 Å². The summed E-state index contributed by atoms with van der Waals surface area (Å²) >= 11 is 10.1. The monoisotopic (exact) mass is 473 g/mol. The molecular weight excluding hydrogens is 462 g/mol. The van der Waals surface area contributed by atoms with E-state index in [1.807, 2.05) is 6.07 Å². The standard InChI is InChI=1S/C12H14Br3NO2S/c13-7-9-2-1-5-16(8-9)19(17,18)12-6-10(14)3-4-11(12)15/h3-4,6,9H,1-2,5,7-8H2. The maximum atomic E-state index is 12.7. The van der Waals surface area contributed by atoms with E-state index in [0.29, 0.717) is 28.4 Å². The van der Waals surface area contributed by atoms with Crippen molar-refractivity contribution in [2.75, 3.05) is 18.4 Å². The van der Waals surface area contributed by atoms with Gasteiger partial charge in [-0.1, -0.05) is 31.9 Å². The third-order valence-electron chi connectivity index (χ3n) is 3.21. The summed E-state index contributed by atoms with van der Waals surface area (Å²) in [4.78, 5) is 0.331. The van der Waals surface area contributed by atoms with Crippen molar-refractivity contribution in [2.24, 2.45) is 5.92 Å². The highest BCUT2D eigenvalue weighted by molar-refractivity contribution is 9.11. The number of rotatable bonds is 3. The third-order valence-corrected chi connectivity index (χ3v) is 7.48. The first-order valence-electron chi connectivity index (χ1n) is 5.96. The van der Waals surface area contributed by atoms with Gasteiger partial charge in [0.2, 0.25) is 10.0 Å². The first-order chi connectivity index (χ1) is 8.95. The van der Waals surface area contributed by atoms with Crippen molar-refractivity contribution in [3.63, 3.8) is 0 Å². The summed E-state index contributed by atoms with van der Waals surface area (Å²) < 4.78 is 28.3. The minimum atomic E-state index is -3.42. The summed E-state index contributed by atoms with van der Waals surface area (Å²) in [6, 6.07) is 5.22. The van der Waals surface area contributed by atoms with Gasteiger partial charge in [-0.2, -0.15) is 4.31 Å². The number of sulfonamides is 1. The fourth-order valence-corrected chi connectivity index (χ4v) is 5.73. The Morgan fingerprint density at radius 1 is 1.32 bits per heavy atom. The molecule has 0 aromatic heterocycles. The quantitative estimate of drug-likeness (QED) is 0.619. The SMILES string of the molecule is O=S(=O)(c1cc(Br)ccc1Br)N1CCCC(CBr)C1. The minimum absolute atomic E-state index is 0.331. The van der Waals surface area contributed by atoms with Gasteiger partial charge in [0.05, 0.1) is 4.90 Å². The molecule has 1 aromatic rings. The predicted molar refractivity (Wildman–Crippen MR) is 87.1 cm³/mol. The van der Waals surface area contributed by atoms with Gasteiger partial charge in [-0.25, -0.2) is 8.42 Å². The zero-order chi connectivity index (χ0) is 14.0. The molecule has 1 unspecified atom stereocenters. The number of piperidine rings is 1. The van der Waals surface area contributed by atoms with Crippen molar-refractivity contribution in [3.05, 3.63) is 27.1 Å². The van der Waals surface area contributed by atoms with E-state index in [9.17, 15) is 8.42 Å². The lowest BCUT2D eigenvalue weighted by Gasteiger charge is -2.31. The fraction of sp³-hybridized carbons (Fsp3) is 0.500. The Labute approximate surface area is 139 Å². The topological polar surface area (TPSA) is 37.4 Å². The molecule has 0 radical (unpaired) electrons. The molecule has 1 aromatic carbocycles. The minimum Gasteiger partial charge on any atom is -0.207 e. The molecule has 1 aliphatic rings. The van der Waals surface area contributed by atoms with E-state index in [1.165, 1.54) is 0 Å². The van der Waals surface area contributed by atoms with Crippen LogP contribution in [0.4, 0.5) is 0 Å². The van der Waals surface area contributed by atoms with Crippen LogP contribution in [0.3, 0.4) is 0 Å². The maximum absolute atomic E-state index is 12.7. The number of hydrogen-bond acceptors (Lipinski definition) is 2. The normalized spacial score (nSPS) is 21.5. The number of hydrogen-bond donors (Lipinski definition) is 0. The predicted octanol–water partition coefficient (Wildman–Crippen LogP) is 4.01. The summed E-state index contributed by atoms with van der Waals surface area (Å²) in [6.45, 7) is 1.19. The Morgan fingerprint density at radius 2 is 2.05 bits per heavy atom. The van der Waals surface area contributed by atoms with Crippen molar-refractivity contribution >= 4 is 57.8 Å². The summed E-state index contributed by atoms with van der Waals surface area (Å²) in [7, 11) is -3.42. The largest absolute Gasteiger partial charge is 0.244 e. The van der Waals surface area contributed by atoms with Gasteiger partial charge in [-0.3, -0.25) is 0 Å².